The van der Waals surface area contributed by atoms with Crippen LogP contribution in [0.25, 0.3) is 0 Å². The Kier molecular flexibility index (Phi) is 6.93. The van der Waals surface area contributed by atoms with Crippen molar-refractivity contribution < 1.29 is 14.7 Å². The Hall–Kier alpha value is -3.95. The number of hydrogen-bond donors (Lipinski definition) is 3. The van der Waals surface area contributed by atoms with Crippen LogP contribution in [-0.4, -0.2) is 34.1 Å². The molecule has 2 atom stereocenters. The van der Waals surface area contributed by atoms with Crippen LogP contribution in [-0.2, 0) is 4.79 Å². The minimum absolute atomic E-state index is 0.337. The first-order chi connectivity index (χ1) is 14.5. The molecule has 3 N–H and O–H groups in total. The zero-order valence-electron chi connectivity index (χ0n) is 16.4. The van der Waals surface area contributed by atoms with E-state index in [9.17, 15) is 14.7 Å². The molecule has 1 aromatic heterocycles. The number of aliphatic hydroxyl groups is 1. The molecule has 6 heteroatoms. The van der Waals surface area contributed by atoms with Gasteiger partial charge in [-0.3, -0.25) is 9.59 Å². The fourth-order valence-electron chi connectivity index (χ4n) is 2.64. The quantitative estimate of drug-likeness (QED) is 0.575. The number of nitrogens with zero attached hydrogens (tertiary/aromatic N) is 1. The third-order valence-electron chi connectivity index (χ3n) is 4.24. The SMILES string of the molecule is CC(O)C(NC(=O)c1ccc(C#Cc2ccccc2)cc1)C(=O)Nc1ccccn1. The van der Waals surface area contributed by atoms with Crippen molar-refractivity contribution in [3.8, 4) is 11.8 Å². The van der Waals surface area contributed by atoms with Crippen molar-refractivity contribution in [3.63, 3.8) is 0 Å². The van der Waals surface area contributed by atoms with Gasteiger partial charge in [0.2, 0.25) is 0 Å². The number of nitrogens with one attached hydrogen (secondary N) is 2. The van der Waals surface area contributed by atoms with E-state index in [1.54, 1.807) is 42.5 Å². The predicted molar refractivity (Wildman–Crippen MR) is 115 cm³/mol. The number of rotatable bonds is 5. The Morgan fingerprint density at radius 3 is 2.13 bits per heavy atom. The Morgan fingerprint density at radius 1 is 0.900 bits per heavy atom. The predicted octanol–water partition coefficient (Wildman–Crippen LogP) is 2.60. The number of pyridine rings is 1. The molecule has 3 aromatic rings. The molecule has 150 valence electrons. The highest BCUT2D eigenvalue weighted by Crippen LogP contribution is 2.07. The Bertz CT molecular complexity index is 1050. The number of carbonyl (C=O) groups excluding carboxylic acids is 2. The lowest BCUT2D eigenvalue weighted by Crippen LogP contribution is -2.50. The van der Waals surface area contributed by atoms with Gasteiger partial charge in [-0.2, -0.15) is 0 Å². The highest BCUT2D eigenvalue weighted by molar-refractivity contribution is 6.01. The van der Waals surface area contributed by atoms with E-state index >= 15 is 0 Å². The maximum atomic E-state index is 12.6. The van der Waals surface area contributed by atoms with Crippen LogP contribution in [0.1, 0.15) is 28.4 Å². The lowest BCUT2D eigenvalue weighted by Gasteiger charge is -2.20. The Balaban J connectivity index is 1.66. The molecule has 0 bridgehead atoms. The zero-order valence-corrected chi connectivity index (χ0v) is 16.4. The number of carbonyl (C=O) groups is 2. The van der Waals surface area contributed by atoms with Gasteiger partial charge in [-0.1, -0.05) is 36.1 Å². The smallest absolute Gasteiger partial charge is 0.252 e. The standard InChI is InChI=1S/C24H21N3O3/c1-17(28)22(24(30)26-21-9-5-6-16-25-21)27-23(29)20-14-12-19(13-15-20)11-10-18-7-3-2-4-8-18/h2-9,12-17,22,28H,1H3,(H,27,29)(H,25,26,30). The summed E-state index contributed by atoms with van der Waals surface area (Å²) in [5, 5.41) is 15.1. The van der Waals surface area contributed by atoms with E-state index in [1.807, 2.05) is 30.3 Å². The summed E-state index contributed by atoms with van der Waals surface area (Å²) in [6, 6.07) is 20.2. The summed E-state index contributed by atoms with van der Waals surface area (Å²) in [5.74, 6) is 5.40. The first-order valence-corrected chi connectivity index (χ1v) is 9.41. The number of aliphatic hydroxyl groups excluding tert-OH is 1. The van der Waals surface area contributed by atoms with Gasteiger partial charge in [0.25, 0.3) is 11.8 Å². The van der Waals surface area contributed by atoms with E-state index < -0.39 is 24.0 Å². The fourth-order valence-corrected chi connectivity index (χ4v) is 2.64. The summed E-state index contributed by atoms with van der Waals surface area (Å²) in [7, 11) is 0. The summed E-state index contributed by atoms with van der Waals surface area (Å²) in [6.45, 7) is 1.44. The van der Waals surface area contributed by atoms with Crippen molar-refractivity contribution in [1.82, 2.24) is 10.3 Å². The van der Waals surface area contributed by atoms with Crippen molar-refractivity contribution in [1.29, 1.82) is 0 Å². The highest BCUT2D eigenvalue weighted by Gasteiger charge is 2.26. The van der Waals surface area contributed by atoms with E-state index in [-0.39, 0.29) is 0 Å². The van der Waals surface area contributed by atoms with Gasteiger partial charge in [0, 0.05) is 22.9 Å². The molecule has 1 heterocycles. The van der Waals surface area contributed by atoms with Crippen LogP contribution in [0.4, 0.5) is 5.82 Å². The molecule has 0 aliphatic heterocycles. The van der Waals surface area contributed by atoms with E-state index in [4.69, 9.17) is 0 Å². The van der Waals surface area contributed by atoms with Crippen LogP contribution in [0, 0.1) is 11.8 Å². The van der Waals surface area contributed by atoms with Gasteiger partial charge in [0.15, 0.2) is 0 Å². The summed E-state index contributed by atoms with van der Waals surface area (Å²) < 4.78 is 0. The van der Waals surface area contributed by atoms with Gasteiger partial charge in [0.05, 0.1) is 6.10 Å². The van der Waals surface area contributed by atoms with Gasteiger partial charge in [-0.25, -0.2) is 4.98 Å². The van der Waals surface area contributed by atoms with Gasteiger partial charge in [0.1, 0.15) is 11.9 Å². The summed E-state index contributed by atoms with van der Waals surface area (Å²) >= 11 is 0. The van der Waals surface area contributed by atoms with E-state index in [0.29, 0.717) is 11.4 Å². The van der Waals surface area contributed by atoms with Crippen molar-refractivity contribution >= 4 is 17.6 Å². The van der Waals surface area contributed by atoms with Gasteiger partial charge in [-0.15, -0.1) is 0 Å². The van der Waals surface area contributed by atoms with Crippen LogP contribution in [0.15, 0.2) is 79.0 Å². The molecule has 3 rings (SSSR count). The highest BCUT2D eigenvalue weighted by atomic mass is 16.3. The van der Waals surface area contributed by atoms with Crippen molar-refractivity contribution in [3.05, 3.63) is 95.7 Å². The molecule has 6 nitrogen and oxygen atoms in total. The van der Waals surface area contributed by atoms with E-state index in [1.165, 1.54) is 13.1 Å². The van der Waals surface area contributed by atoms with Crippen LogP contribution in [0.3, 0.4) is 0 Å². The molecule has 0 aliphatic carbocycles. The van der Waals surface area contributed by atoms with E-state index in [0.717, 1.165) is 11.1 Å². The van der Waals surface area contributed by atoms with Crippen molar-refractivity contribution in [2.75, 3.05) is 5.32 Å². The van der Waals surface area contributed by atoms with Gasteiger partial charge in [-0.05, 0) is 55.5 Å². The topological polar surface area (TPSA) is 91.3 Å². The van der Waals surface area contributed by atoms with Crippen molar-refractivity contribution in [2.24, 2.45) is 0 Å². The minimum atomic E-state index is -1.13. The second-order valence-electron chi connectivity index (χ2n) is 6.59. The fraction of sp³-hybridized carbons (Fsp3) is 0.125. The molecule has 2 unspecified atom stereocenters. The number of aromatic nitrogens is 1. The average molecular weight is 399 g/mol. The normalized spacial score (nSPS) is 12.1. The molecule has 2 amide bonds. The summed E-state index contributed by atoms with van der Waals surface area (Å²) in [6.07, 6.45) is 0.446. The number of benzene rings is 2. The van der Waals surface area contributed by atoms with Crippen LogP contribution < -0.4 is 10.6 Å². The molecular weight excluding hydrogens is 378 g/mol. The molecule has 0 radical (unpaired) electrons. The van der Waals surface area contributed by atoms with Crippen molar-refractivity contribution in [2.45, 2.75) is 19.1 Å². The number of anilines is 1. The lowest BCUT2D eigenvalue weighted by molar-refractivity contribution is -0.120. The lowest BCUT2D eigenvalue weighted by atomic mass is 10.1. The third-order valence-corrected chi connectivity index (χ3v) is 4.24. The molecule has 0 fully saturated rings. The molecule has 0 aliphatic rings. The average Bonchev–Trinajstić information content (AvgIpc) is 2.77. The molecule has 0 saturated carbocycles. The van der Waals surface area contributed by atoms with E-state index in [2.05, 4.69) is 27.5 Å². The second-order valence-corrected chi connectivity index (χ2v) is 6.59. The van der Waals surface area contributed by atoms with Gasteiger partial charge >= 0.3 is 0 Å². The van der Waals surface area contributed by atoms with Gasteiger partial charge < -0.3 is 15.7 Å². The van der Waals surface area contributed by atoms with Crippen LogP contribution >= 0.6 is 0 Å². The first kappa shape index (κ1) is 20.8. The maximum Gasteiger partial charge on any atom is 0.252 e. The van der Waals surface area contributed by atoms with Crippen LogP contribution in [0.2, 0.25) is 0 Å². The zero-order chi connectivity index (χ0) is 21.3. The first-order valence-electron chi connectivity index (χ1n) is 9.41. The monoisotopic (exact) mass is 399 g/mol. The summed E-state index contributed by atoms with van der Waals surface area (Å²) in [5.41, 5.74) is 2.02. The molecule has 30 heavy (non-hydrogen) atoms. The number of amides is 2. The molecule has 0 spiro atoms. The van der Waals surface area contributed by atoms with Crippen LogP contribution in [0.5, 0.6) is 0 Å². The Labute approximate surface area is 175 Å². The second kappa shape index (κ2) is 10.0. The summed E-state index contributed by atoms with van der Waals surface area (Å²) in [4.78, 5) is 29.0. The largest absolute Gasteiger partial charge is 0.391 e. The molecule has 2 aromatic carbocycles. The Morgan fingerprint density at radius 2 is 1.53 bits per heavy atom. The maximum absolute atomic E-state index is 12.6. The minimum Gasteiger partial charge on any atom is -0.391 e. The number of hydrogen-bond acceptors (Lipinski definition) is 4. The molecular formula is C24H21N3O3. The molecule has 0 saturated heterocycles. The third kappa shape index (κ3) is 5.77.